The van der Waals surface area contributed by atoms with E-state index < -0.39 is 9.84 Å². The molecule has 1 atom stereocenters. The molecule has 0 aromatic carbocycles. The van der Waals surface area contributed by atoms with Gasteiger partial charge in [0, 0.05) is 25.8 Å². The molecule has 0 N–H and O–H groups in total. The van der Waals surface area contributed by atoms with Gasteiger partial charge < -0.3 is 4.90 Å². The van der Waals surface area contributed by atoms with Crippen molar-refractivity contribution in [3.05, 3.63) is 0 Å². The molecule has 5 heteroatoms. The quantitative estimate of drug-likeness (QED) is 0.720. The van der Waals surface area contributed by atoms with Gasteiger partial charge in [0.2, 0.25) is 5.91 Å². The van der Waals surface area contributed by atoms with Crippen LogP contribution in [-0.2, 0) is 14.6 Å². The maximum Gasteiger partial charge on any atom is 0.222 e. The summed E-state index contributed by atoms with van der Waals surface area (Å²) in [7, 11) is -2.99. The lowest BCUT2D eigenvalue weighted by Gasteiger charge is -2.17. The summed E-state index contributed by atoms with van der Waals surface area (Å²) in [6, 6.07) is 0. The fourth-order valence-electron chi connectivity index (χ4n) is 1.78. The molecule has 0 aromatic rings. The number of rotatable bonds is 3. The second-order valence-corrected chi connectivity index (χ2v) is 7.00. The number of sulfone groups is 1. The van der Waals surface area contributed by atoms with Gasteiger partial charge in [-0.1, -0.05) is 13.8 Å². The third kappa shape index (κ3) is 3.48. The largest absolute Gasteiger partial charge is 0.341 e. The second-order valence-electron chi connectivity index (χ2n) is 4.68. The molecule has 1 aliphatic rings. The summed E-state index contributed by atoms with van der Waals surface area (Å²) in [4.78, 5) is 13.3. The molecular weight excluding hydrogens is 214 g/mol. The van der Waals surface area contributed by atoms with Crippen LogP contribution in [0.5, 0.6) is 0 Å². The van der Waals surface area contributed by atoms with E-state index in [4.69, 9.17) is 0 Å². The molecule has 88 valence electrons. The van der Waals surface area contributed by atoms with E-state index in [0.717, 1.165) is 0 Å². The van der Waals surface area contributed by atoms with Gasteiger partial charge in [0.05, 0.1) is 5.25 Å². The van der Waals surface area contributed by atoms with Crippen molar-refractivity contribution in [1.29, 1.82) is 0 Å². The Balaban J connectivity index is 2.53. The monoisotopic (exact) mass is 233 g/mol. The molecular formula is C10H19NO3S. The molecule has 1 aliphatic heterocycles. The molecule has 1 saturated heterocycles. The molecule has 15 heavy (non-hydrogen) atoms. The Morgan fingerprint density at radius 2 is 2.07 bits per heavy atom. The first-order valence-electron chi connectivity index (χ1n) is 5.27. The van der Waals surface area contributed by atoms with Crippen molar-refractivity contribution in [3.8, 4) is 0 Å². The fourth-order valence-corrected chi connectivity index (χ4v) is 2.77. The van der Waals surface area contributed by atoms with Gasteiger partial charge in [-0.15, -0.1) is 0 Å². The molecule has 0 radical (unpaired) electrons. The predicted octanol–water partition coefficient (Wildman–Crippen LogP) is 0.678. The molecule has 0 spiro atoms. The Labute approximate surface area is 91.6 Å². The average molecular weight is 233 g/mol. The Morgan fingerprint density at radius 1 is 1.47 bits per heavy atom. The minimum atomic E-state index is -2.99. The molecule has 0 bridgehead atoms. The van der Waals surface area contributed by atoms with Crippen LogP contribution in [-0.4, -0.2) is 43.8 Å². The lowest BCUT2D eigenvalue weighted by molar-refractivity contribution is -0.130. The number of amides is 1. The first-order valence-corrected chi connectivity index (χ1v) is 7.23. The number of carbonyl (C=O) groups excluding carboxylic acids is 1. The van der Waals surface area contributed by atoms with E-state index in [1.54, 1.807) is 4.90 Å². The van der Waals surface area contributed by atoms with E-state index in [2.05, 4.69) is 0 Å². The highest BCUT2D eigenvalue weighted by Crippen LogP contribution is 2.18. The van der Waals surface area contributed by atoms with Crippen LogP contribution in [0.2, 0.25) is 0 Å². The van der Waals surface area contributed by atoms with Crippen LogP contribution in [0.25, 0.3) is 0 Å². The zero-order chi connectivity index (χ0) is 11.6. The number of nitrogens with zero attached hydrogens (tertiary/aromatic N) is 1. The van der Waals surface area contributed by atoms with Crippen molar-refractivity contribution in [1.82, 2.24) is 4.90 Å². The van der Waals surface area contributed by atoms with Crippen LogP contribution in [0.15, 0.2) is 0 Å². The van der Waals surface area contributed by atoms with E-state index in [-0.39, 0.29) is 11.2 Å². The van der Waals surface area contributed by atoms with Crippen molar-refractivity contribution in [2.75, 3.05) is 19.3 Å². The maximum absolute atomic E-state index is 11.7. The SMILES string of the molecule is CC(C)CC(=O)N1CCC(S(C)(=O)=O)C1. The third-order valence-electron chi connectivity index (χ3n) is 2.69. The summed E-state index contributed by atoms with van der Waals surface area (Å²) < 4.78 is 22.6. The first-order chi connectivity index (χ1) is 6.80. The Bertz CT molecular complexity index is 335. The lowest BCUT2D eigenvalue weighted by Crippen LogP contribution is -2.32. The van der Waals surface area contributed by atoms with Crippen LogP contribution < -0.4 is 0 Å². The molecule has 1 rings (SSSR count). The third-order valence-corrected chi connectivity index (χ3v) is 4.28. The smallest absolute Gasteiger partial charge is 0.222 e. The van der Waals surface area contributed by atoms with Crippen molar-refractivity contribution in [2.24, 2.45) is 5.92 Å². The van der Waals surface area contributed by atoms with Gasteiger partial charge in [0.15, 0.2) is 9.84 Å². The number of likely N-dealkylation sites (tertiary alicyclic amines) is 1. The topological polar surface area (TPSA) is 54.5 Å². The molecule has 1 amide bonds. The van der Waals surface area contributed by atoms with Gasteiger partial charge in [-0.25, -0.2) is 8.42 Å². The molecule has 1 fully saturated rings. The summed E-state index contributed by atoms with van der Waals surface area (Å²) in [5.74, 6) is 0.408. The maximum atomic E-state index is 11.7. The zero-order valence-corrected chi connectivity index (χ0v) is 10.4. The second kappa shape index (κ2) is 4.51. The van der Waals surface area contributed by atoms with Gasteiger partial charge >= 0.3 is 0 Å². The van der Waals surface area contributed by atoms with Crippen LogP contribution in [0.1, 0.15) is 26.7 Å². The highest BCUT2D eigenvalue weighted by Gasteiger charge is 2.32. The number of carbonyl (C=O) groups is 1. The highest BCUT2D eigenvalue weighted by molar-refractivity contribution is 7.91. The van der Waals surface area contributed by atoms with Gasteiger partial charge in [-0.05, 0) is 12.3 Å². The molecule has 4 nitrogen and oxygen atoms in total. The van der Waals surface area contributed by atoms with E-state index in [9.17, 15) is 13.2 Å². The summed E-state index contributed by atoms with van der Waals surface area (Å²) >= 11 is 0. The molecule has 0 saturated carbocycles. The lowest BCUT2D eigenvalue weighted by atomic mass is 10.1. The van der Waals surface area contributed by atoms with Crippen LogP contribution >= 0.6 is 0 Å². The summed E-state index contributed by atoms with van der Waals surface area (Å²) in [6.07, 6.45) is 2.34. The van der Waals surface area contributed by atoms with E-state index in [1.807, 2.05) is 13.8 Å². The standard InChI is InChI=1S/C10H19NO3S/c1-8(2)6-10(12)11-5-4-9(7-11)15(3,13)14/h8-9H,4-7H2,1-3H3. The number of hydrogen-bond donors (Lipinski definition) is 0. The van der Waals surface area contributed by atoms with Gasteiger partial charge in [-0.3, -0.25) is 4.79 Å². The van der Waals surface area contributed by atoms with Crippen molar-refractivity contribution in [2.45, 2.75) is 31.9 Å². The van der Waals surface area contributed by atoms with Crippen LogP contribution in [0, 0.1) is 5.92 Å². The summed E-state index contributed by atoms with van der Waals surface area (Å²) in [5, 5.41) is -0.353. The first kappa shape index (κ1) is 12.5. The predicted molar refractivity (Wildman–Crippen MR) is 59.3 cm³/mol. The highest BCUT2D eigenvalue weighted by atomic mass is 32.2. The van der Waals surface area contributed by atoms with Gasteiger partial charge in [0.1, 0.15) is 0 Å². The van der Waals surface area contributed by atoms with Gasteiger partial charge in [0.25, 0.3) is 0 Å². The van der Waals surface area contributed by atoms with Crippen LogP contribution in [0.4, 0.5) is 0 Å². The zero-order valence-electron chi connectivity index (χ0n) is 9.56. The molecule has 0 aromatic heterocycles. The average Bonchev–Trinajstić information content (AvgIpc) is 2.48. The molecule has 1 heterocycles. The van der Waals surface area contributed by atoms with Crippen molar-refractivity contribution in [3.63, 3.8) is 0 Å². The summed E-state index contributed by atoms with van der Waals surface area (Å²) in [5.41, 5.74) is 0. The van der Waals surface area contributed by atoms with E-state index in [0.29, 0.717) is 31.8 Å². The minimum absolute atomic E-state index is 0.0798. The van der Waals surface area contributed by atoms with E-state index >= 15 is 0 Å². The Kier molecular flexibility index (Phi) is 3.76. The van der Waals surface area contributed by atoms with Gasteiger partial charge in [-0.2, -0.15) is 0 Å². The molecule has 1 unspecified atom stereocenters. The molecule has 0 aliphatic carbocycles. The van der Waals surface area contributed by atoms with E-state index in [1.165, 1.54) is 6.26 Å². The Morgan fingerprint density at radius 3 is 2.47 bits per heavy atom. The normalized spacial score (nSPS) is 22.4. The van der Waals surface area contributed by atoms with Crippen LogP contribution in [0.3, 0.4) is 0 Å². The Hall–Kier alpha value is -0.580. The fraction of sp³-hybridized carbons (Fsp3) is 0.900. The number of hydrogen-bond acceptors (Lipinski definition) is 3. The van der Waals surface area contributed by atoms with Crippen molar-refractivity contribution < 1.29 is 13.2 Å². The minimum Gasteiger partial charge on any atom is -0.341 e. The summed E-state index contributed by atoms with van der Waals surface area (Å²) in [6.45, 7) is 4.94. The van der Waals surface area contributed by atoms with Crippen molar-refractivity contribution >= 4 is 15.7 Å².